The molecule has 1 unspecified atom stereocenters. The van der Waals surface area contributed by atoms with Gasteiger partial charge in [-0.2, -0.15) is 4.98 Å². The standard InChI is InChI=1S/C23H36N6O3/c1-16(9-11-25-21(30)32-22(2,3)4)23(5,6)28-20-26-17-8-7-10-24-18(17)19(27-20)29-12-14-31-15-13-29/h7-8,10,16H,9,11-15H2,1-6H3,(H,25,30)(H,26,27,28). The number of hydrogen-bond donors (Lipinski definition) is 2. The Hall–Kier alpha value is -2.68. The number of aromatic nitrogens is 3. The summed E-state index contributed by atoms with van der Waals surface area (Å²) in [5.74, 6) is 1.64. The van der Waals surface area contributed by atoms with Crippen LogP contribution >= 0.6 is 0 Å². The van der Waals surface area contributed by atoms with Crippen LogP contribution in [0.3, 0.4) is 0 Å². The molecule has 2 aromatic heterocycles. The first-order valence-corrected chi connectivity index (χ1v) is 11.3. The van der Waals surface area contributed by atoms with Crippen LogP contribution in [0.5, 0.6) is 0 Å². The Balaban J connectivity index is 1.69. The molecule has 1 atom stereocenters. The Morgan fingerprint density at radius 1 is 1.22 bits per heavy atom. The average molecular weight is 445 g/mol. The van der Waals surface area contributed by atoms with Gasteiger partial charge in [0.05, 0.1) is 18.7 Å². The average Bonchev–Trinajstić information content (AvgIpc) is 2.72. The summed E-state index contributed by atoms with van der Waals surface area (Å²) in [5, 5.41) is 6.35. The van der Waals surface area contributed by atoms with Gasteiger partial charge in [-0.1, -0.05) is 6.92 Å². The number of pyridine rings is 1. The third kappa shape index (κ3) is 6.41. The Kier molecular flexibility index (Phi) is 7.38. The van der Waals surface area contributed by atoms with Crippen molar-refractivity contribution in [2.24, 2.45) is 5.92 Å². The Morgan fingerprint density at radius 2 is 1.94 bits per heavy atom. The molecule has 0 spiro atoms. The molecule has 9 heteroatoms. The van der Waals surface area contributed by atoms with Crippen molar-refractivity contribution < 1.29 is 14.3 Å². The van der Waals surface area contributed by atoms with Crippen LogP contribution in [0.25, 0.3) is 11.0 Å². The fourth-order valence-electron chi connectivity index (χ4n) is 3.48. The van der Waals surface area contributed by atoms with Gasteiger partial charge in [-0.25, -0.2) is 9.78 Å². The zero-order valence-electron chi connectivity index (χ0n) is 20.1. The lowest BCUT2D eigenvalue weighted by molar-refractivity contribution is 0.0523. The number of rotatable bonds is 7. The summed E-state index contributed by atoms with van der Waals surface area (Å²) < 4.78 is 10.8. The minimum Gasteiger partial charge on any atom is -0.444 e. The second-order valence-electron chi connectivity index (χ2n) is 9.81. The van der Waals surface area contributed by atoms with E-state index in [1.807, 2.05) is 32.9 Å². The topological polar surface area (TPSA) is 102 Å². The van der Waals surface area contributed by atoms with Crippen molar-refractivity contribution in [3.05, 3.63) is 18.3 Å². The van der Waals surface area contributed by atoms with E-state index in [-0.39, 0.29) is 11.5 Å². The molecule has 0 saturated carbocycles. The molecule has 1 aliphatic rings. The molecule has 1 amide bonds. The van der Waals surface area contributed by atoms with Crippen molar-refractivity contribution in [1.82, 2.24) is 20.3 Å². The number of nitrogens with zero attached hydrogens (tertiary/aromatic N) is 4. The van der Waals surface area contributed by atoms with Crippen LogP contribution in [0.1, 0.15) is 48.0 Å². The van der Waals surface area contributed by atoms with Crippen molar-refractivity contribution in [2.75, 3.05) is 43.1 Å². The lowest BCUT2D eigenvalue weighted by Crippen LogP contribution is -2.41. The van der Waals surface area contributed by atoms with Gasteiger partial charge in [-0.3, -0.25) is 4.98 Å². The number of anilines is 2. The van der Waals surface area contributed by atoms with E-state index in [0.29, 0.717) is 25.7 Å². The summed E-state index contributed by atoms with van der Waals surface area (Å²) in [7, 11) is 0. The maximum atomic E-state index is 11.9. The minimum atomic E-state index is -0.503. The Bertz CT molecular complexity index is 922. The number of nitrogens with one attached hydrogen (secondary N) is 2. The molecule has 2 N–H and O–H groups in total. The molecular weight excluding hydrogens is 408 g/mol. The van der Waals surface area contributed by atoms with E-state index in [9.17, 15) is 4.79 Å². The normalized spacial score (nSPS) is 16.0. The highest BCUT2D eigenvalue weighted by atomic mass is 16.6. The zero-order valence-corrected chi connectivity index (χ0v) is 20.1. The van der Waals surface area contributed by atoms with E-state index < -0.39 is 11.7 Å². The molecule has 2 aromatic rings. The molecule has 0 bridgehead atoms. The first-order valence-electron chi connectivity index (χ1n) is 11.3. The van der Waals surface area contributed by atoms with E-state index in [1.54, 1.807) is 6.20 Å². The Morgan fingerprint density at radius 3 is 2.62 bits per heavy atom. The van der Waals surface area contributed by atoms with Gasteiger partial charge in [0.15, 0.2) is 5.82 Å². The van der Waals surface area contributed by atoms with Crippen LogP contribution in [0, 0.1) is 5.92 Å². The number of morpholine rings is 1. The SMILES string of the molecule is CC(CCNC(=O)OC(C)(C)C)C(C)(C)Nc1nc(N2CCOCC2)c2ncccc2n1. The fourth-order valence-corrected chi connectivity index (χ4v) is 3.48. The van der Waals surface area contributed by atoms with Crippen molar-refractivity contribution in [3.63, 3.8) is 0 Å². The molecule has 0 radical (unpaired) electrons. The molecule has 3 rings (SSSR count). The number of carbonyl (C=O) groups excluding carboxylic acids is 1. The number of hydrogen-bond acceptors (Lipinski definition) is 8. The van der Waals surface area contributed by atoms with Crippen LogP contribution in [-0.4, -0.2) is 65.0 Å². The second-order valence-corrected chi connectivity index (χ2v) is 9.81. The van der Waals surface area contributed by atoms with Gasteiger partial charge in [-0.05, 0) is 59.1 Å². The second kappa shape index (κ2) is 9.85. The quantitative estimate of drug-likeness (QED) is 0.668. The highest BCUT2D eigenvalue weighted by molar-refractivity contribution is 5.86. The molecule has 32 heavy (non-hydrogen) atoms. The summed E-state index contributed by atoms with van der Waals surface area (Å²) in [4.78, 5) is 28.2. The molecule has 1 aliphatic heterocycles. The third-order valence-corrected chi connectivity index (χ3v) is 5.66. The third-order valence-electron chi connectivity index (χ3n) is 5.66. The fraction of sp³-hybridized carbons (Fsp3) is 0.652. The van der Waals surface area contributed by atoms with Gasteiger partial charge in [0.2, 0.25) is 5.95 Å². The predicted molar refractivity (Wildman–Crippen MR) is 126 cm³/mol. The number of fused-ring (bicyclic) bond motifs is 1. The van der Waals surface area contributed by atoms with Gasteiger partial charge in [0.25, 0.3) is 0 Å². The highest BCUT2D eigenvalue weighted by Crippen LogP contribution is 2.28. The van der Waals surface area contributed by atoms with E-state index in [2.05, 4.69) is 41.3 Å². The first-order chi connectivity index (χ1) is 15.0. The van der Waals surface area contributed by atoms with E-state index in [4.69, 9.17) is 19.4 Å². The molecule has 176 valence electrons. The van der Waals surface area contributed by atoms with Crippen molar-refractivity contribution in [3.8, 4) is 0 Å². The van der Waals surface area contributed by atoms with Gasteiger partial charge in [0.1, 0.15) is 11.1 Å². The monoisotopic (exact) mass is 444 g/mol. The number of alkyl carbamates (subject to hydrolysis) is 1. The van der Waals surface area contributed by atoms with Gasteiger partial charge in [0, 0.05) is 31.4 Å². The van der Waals surface area contributed by atoms with Crippen LogP contribution in [-0.2, 0) is 9.47 Å². The van der Waals surface area contributed by atoms with Crippen LogP contribution < -0.4 is 15.5 Å². The molecule has 9 nitrogen and oxygen atoms in total. The Labute approximate surface area is 190 Å². The van der Waals surface area contributed by atoms with Crippen LogP contribution in [0.15, 0.2) is 18.3 Å². The van der Waals surface area contributed by atoms with Gasteiger partial charge in [-0.15, -0.1) is 0 Å². The maximum absolute atomic E-state index is 11.9. The van der Waals surface area contributed by atoms with Crippen LogP contribution in [0.2, 0.25) is 0 Å². The lowest BCUT2D eigenvalue weighted by Gasteiger charge is -2.34. The molecule has 1 saturated heterocycles. The number of carbonyl (C=O) groups is 1. The summed E-state index contributed by atoms with van der Waals surface area (Å²) in [6, 6.07) is 3.85. The predicted octanol–water partition coefficient (Wildman–Crippen LogP) is 3.60. The zero-order chi connectivity index (χ0) is 23.4. The summed E-state index contributed by atoms with van der Waals surface area (Å²) >= 11 is 0. The van der Waals surface area contributed by atoms with E-state index >= 15 is 0 Å². The highest BCUT2D eigenvalue weighted by Gasteiger charge is 2.28. The number of amides is 1. The lowest BCUT2D eigenvalue weighted by atomic mass is 9.86. The van der Waals surface area contributed by atoms with E-state index in [1.165, 1.54) is 0 Å². The molecule has 3 heterocycles. The summed E-state index contributed by atoms with van der Waals surface area (Å²) in [6.45, 7) is 15.4. The maximum Gasteiger partial charge on any atom is 0.407 e. The van der Waals surface area contributed by atoms with Crippen molar-refractivity contribution in [2.45, 2.75) is 59.1 Å². The summed E-state index contributed by atoms with van der Waals surface area (Å²) in [5.41, 5.74) is 0.805. The minimum absolute atomic E-state index is 0.234. The molecular formula is C23H36N6O3. The largest absolute Gasteiger partial charge is 0.444 e. The van der Waals surface area contributed by atoms with Crippen molar-refractivity contribution >= 4 is 28.9 Å². The van der Waals surface area contributed by atoms with Gasteiger partial charge < -0.3 is 25.0 Å². The van der Waals surface area contributed by atoms with Crippen LogP contribution in [0.4, 0.5) is 16.6 Å². The smallest absolute Gasteiger partial charge is 0.407 e. The number of ether oxygens (including phenoxy) is 2. The van der Waals surface area contributed by atoms with Crippen molar-refractivity contribution in [1.29, 1.82) is 0 Å². The van der Waals surface area contributed by atoms with Gasteiger partial charge >= 0.3 is 6.09 Å². The molecule has 0 aliphatic carbocycles. The summed E-state index contributed by atoms with van der Waals surface area (Å²) in [6.07, 6.45) is 2.16. The molecule has 0 aromatic carbocycles. The van der Waals surface area contributed by atoms with E-state index in [0.717, 1.165) is 36.4 Å². The first kappa shape index (κ1) is 24.0. The molecule has 1 fully saturated rings.